The zero-order chi connectivity index (χ0) is 20.9. The lowest BCUT2D eigenvalue weighted by atomic mass is 9.90. The van der Waals surface area contributed by atoms with Crippen molar-refractivity contribution in [3.8, 4) is 0 Å². The van der Waals surface area contributed by atoms with Crippen LogP contribution in [-0.4, -0.2) is 40.6 Å². The van der Waals surface area contributed by atoms with E-state index in [2.05, 4.69) is 51.0 Å². The molecule has 1 aliphatic heterocycles. The summed E-state index contributed by atoms with van der Waals surface area (Å²) in [6, 6.07) is 8.59. The number of aromatic amines is 1. The second-order valence-electron chi connectivity index (χ2n) is 8.09. The van der Waals surface area contributed by atoms with Gasteiger partial charge in [-0.25, -0.2) is 14.8 Å². The molecule has 3 heterocycles. The third-order valence-electron chi connectivity index (χ3n) is 6.11. The van der Waals surface area contributed by atoms with E-state index in [1.54, 1.807) is 19.3 Å². The summed E-state index contributed by atoms with van der Waals surface area (Å²) in [5.41, 5.74) is 4.42. The first kappa shape index (κ1) is 20.4. The van der Waals surface area contributed by atoms with Crippen molar-refractivity contribution in [3.63, 3.8) is 0 Å². The van der Waals surface area contributed by atoms with Gasteiger partial charge in [-0.05, 0) is 63.5 Å². The smallest absolute Gasteiger partial charge is 0.341 e. The highest BCUT2D eigenvalue weighted by Gasteiger charge is 2.21. The minimum Gasteiger partial charge on any atom is -0.462 e. The molecule has 0 spiro atoms. The molecule has 1 N–H and O–H groups in total. The van der Waals surface area contributed by atoms with Crippen molar-refractivity contribution in [1.82, 2.24) is 15.0 Å². The maximum atomic E-state index is 11.7. The lowest BCUT2D eigenvalue weighted by molar-refractivity contribution is 0.0525. The highest BCUT2D eigenvalue weighted by molar-refractivity contribution is 5.88. The molecule has 0 bridgehead atoms. The number of rotatable bonds is 7. The molecule has 30 heavy (non-hydrogen) atoms. The standard InChI is InChI=1S/C24H30N4O2/c1-3-30-23(29)19-15-25-24(26-16-19)28-13-11-18(12-14-28)7-6-9-20-17(2)27-22-10-5-4-8-21(20)22/h4-5,8,10,15-16,18,27H,3,6-7,9,11-14H2,1-2H3. The first-order valence-corrected chi connectivity index (χ1v) is 11.0. The number of fused-ring (bicyclic) bond motifs is 1. The molecule has 1 saturated heterocycles. The topological polar surface area (TPSA) is 71.1 Å². The third-order valence-corrected chi connectivity index (χ3v) is 6.11. The van der Waals surface area contributed by atoms with E-state index in [1.807, 2.05) is 0 Å². The number of carbonyl (C=O) groups excluding carboxylic acids is 1. The van der Waals surface area contributed by atoms with Crippen molar-refractivity contribution in [2.45, 2.75) is 46.0 Å². The number of nitrogens with one attached hydrogen (secondary N) is 1. The molecular formula is C24H30N4O2. The Morgan fingerprint density at radius 3 is 2.67 bits per heavy atom. The molecule has 158 valence electrons. The highest BCUT2D eigenvalue weighted by Crippen LogP contribution is 2.27. The molecule has 4 rings (SSSR count). The first-order valence-electron chi connectivity index (χ1n) is 11.0. The zero-order valence-corrected chi connectivity index (χ0v) is 17.9. The maximum absolute atomic E-state index is 11.7. The van der Waals surface area contributed by atoms with Crippen molar-refractivity contribution >= 4 is 22.8 Å². The average Bonchev–Trinajstić information content (AvgIpc) is 3.10. The summed E-state index contributed by atoms with van der Waals surface area (Å²) >= 11 is 0. The Morgan fingerprint density at radius 2 is 1.93 bits per heavy atom. The fourth-order valence-corrected chi connectivity index (χ4v) is 4.45. The Labute approximate surface area is 177 Å². The van der Waals surface area contributed by atoms with Crippen LogP contribution in [0.3, 0.4) is 0 Å². The quantitative estimate of drug-likeness (QED) is 0.577. The number of hydrogen-bond donors (Lipinski definition) is 1. The number of para-hydroxylation sites is 1. The largest absolute Gasteiger partial charge is 0.462 e. The van der Waals surface area contributed by atoms with Gasteiger partial charge in [-0.3, -0.25) is 0 Å². The van der Waals surface area contributed by atoms with Crippen LogP contribution in [0.5, 0.6) is 0 Å². The van der Waals surface area contributed by atoms with Gasteiger partial charge in [0.15, 0.2) is 0 Å². The van der Waals surface area contributed by atoms with E-state index < -0.39 is 0 Å². The number of hydrogen-bond acceptors (Lipinski definition) is 5. The lowest BCUT2D eigenvalue weighted by Crippen LogP contribution is -2.35. The monoisotopic (exact) mass is 406 g/mol. The molecule has 1 fully saturated rings. The van der Waals surface area contributed by atoms with Crippen molar-refractivity contribution in [2.24, 2.45) is 5.92 Å². The minimum absolute atomic E-state index is 0.355. The Kier molecular flexibility index (Phi) is 6.31. The zero-order valence-electron chi connectivity index (χ0n) is 17.9. The molecule has 0 saturated carbocycles. The van der Waals surface area contributed by atoms with E-state index in [0.717, 1.165) is 38.3 Å². The van der Waals surface area contributed by atoms with Gasteiger partial charge in [0.2, 0.25) is 5.95 Å². The number of piperidine rings is 1. The van der Waals surface area contributed by atoms with Crippen LogP contribution in [0.1, 0.15) is 54.2 Å². The van der Waals surface area contributed by atoms with Gasteiger partial charge in [0, 0.05) is 42.1 Å². The Hall–Kier alpha value is -2.89. The Bertz CT molecular complexity index is 988. The summed E-state index contributed by atoms with van der Waals surface area (Å²) in [5.74, 6) is 1.09. The van der Waals surface area contributed by atoms with E-state index in [1.165, 1.54) is 35.0 Å². The summed E-state index contributed by atoms with van der Waals surface area (Å²) in [4.78, 5) is 26.2. The van der Waals surface area contributed by atoms with Gasteiger partial charge in [-0.1, -0.05) is 18.2 Å². The molecule has 0 aliphatic carbocycles. The van der Waals surface area contributed by atoms with Crippen LogP contribution in [0.15, 0.2) is 36.7 Å². The number of esters is 1. The number of ether oxygens (including phenoxy) is 1. The number of benzene rings is 1. The SMILES string of the molecule is CCOC(=O)c1cnc(N2CCC(CCCc3c(C)[nH]c4ccccc34)CC2)nc1. The highest BCUT2D eigenvalue weighted by atomic mass is 16.5. The Morgan fingerprint density at radius 1 is 1.20 bits per heavy atom. The van der Waals surface area contributed by atoms with Gasteiger partial charge in [0.25, 0.3) is 0 Å². The maximum Gasteiger partial charge on any atom is 0.341 e. The van der Waals surface area contributed by atoms with Crippen molar-refractivity contribution in [3.05, 3.63) is 53.5 Å². The normalized spacial score (nSPS) is 14.9. The van der Waals surface area contributed by atoms with Crippen LogP contribution in [0, 0.1) is 12.8 Å². The van der Waals surface area contributed by atoms with Crippen molar-refractivity contribution in [1.29, 1.82) is 0 Å². The van der Waals surface area contributed by atoms with E-state index in [0.29, 0.717) is 18.1 Å². The average molecular weight is 407 g/mol. The molecular weight excluding hydrogens is 376 g/mol. The number of carbonyl (C=O) groups is 1. The summed E-state index contributed by atoms with van der Waals surface area (Å²) in [5, 5.41) is 1.37. The fraction of sp³-hybridized carbons (Fsp3) is 0.458. The first-order chi connectivity index (χ1) is 14.7. The van der Waals surface area contributed by atoms with Gasteiger partial charge in [0.05, 0.1) is 12.2 Å². The number of anilines is 1. The van der Waals surface area contributed by atoms with Crippen molar-refractivity contribution < 1.29 is 9.53 Å². The molecule has 1 aliphatic rings. The van der Waals surface area contributed by atoms with Crippen LogP contribution >= 0.6 is 0 Å². The third kappa shape index (κ3) is 4.48. The number of aromatic nitrogens is 3. The fourth-order valence-electron chi connectivity index (χ4n) is 4.45. The molecule has 6 heteroatoms. The van der Waals surface area contributed by atoms with Crippen LogP contribution in [0.4, 0.5) is 5.95 Å². The molecule has 1 aromatic carbocycles. The number of H-pyrrole nitrogens is 1. The summed E-state index contributed by atoms with van der Waals surface area (Å²) < 4.78 is 4.99. The summed E-state index contributed by atoms with van der Waals surface area (Å²) in [6.45, 7) is 6.26. The molecule has 0 amide bonds. The van der Waals surface area contributed by atoms with E-state index >= 15 is 0 Å². The summed E-state index contributed by atoms with van der Waals surface area (Å²) in [6.07, 6.45) is 9.07. The van der Waals surface area contributed by atoms with E-state index in [9.17, 15) is 4.79 Å². The molecule has 0 atom stereocenters. The van der Waals surface area contributed by atoms with Gasteiger partial charge < -0.3 is 14.6 Å². The second-order valence-corrected chi connectivity index (χ2v) is 8.09. The minimum atomic E-state index is -0.367. The van der Waals surface area contributed by atoms with E-state index in [4.69, 9.17) is 4.74 Å². The van der Waals surface area contributed by atoms with Gasteiger partial charge in [-0.15, -0.1) is 0 Å². The second kappa shape index (κ2) is 9.28. The molecule has 2 aromatic heterocycles. The van der Waals surface area contributed by atoms with Crippen molar-refractivity contribution in [2.75, 3.05) is 24.6 Å². The van der Waals surface area contributed by atoms with Crippen LogP contribution in [-0.2, 0) is 11.2 Å². The van der Waals surface area contributed by atoms with E-state index in [-0.39, 0.29) is 5.97 Å². The van der Waals surface area contributed by atoms with Gasteiger partial charge in [0.1, 0.15) is 0 Å². The molecule has 0 unspecified atom stereocenters. The van der Waals surface area contributed by atoms with Gasteiger partial charge >= 0.3 is 5.97 Å². The van der Waals surface area contributed by atoms with Crippen LogP contribution < -0.4 is 4.90 Å². The molecule has 6 nitrogen and oxygen atoms in total. The molecule has 0 radical (unpaired) electrons. The van der Waals surface area contributed by atoms with Crippen LogP contribution in [0.2, 0.25) is 0 Å². The predicted octanol–water partition coefficient (Wildman–Crippen LogP) is 4.68. The van der Waals surface area contributed by atoms with Gasteiger partial charge in [-0.2, -0.15) is 0 Å². The summed E-state index contributed by atoms with van der Waals surface area (Å²) in [7, 11) is 0. The Balaban J connectivity index is 1.26. The number of nitrogens with zero attached hydrogens (tertiary/aromatic N) is 3. The number of aryl methyl sites for hydroxylation is 2. The molecule has 3 aromatic rings. The predicted molar refractivity (Wildman–Crippen MR) is 119 cm³/mol. The van der Waals surface area contributed by atoms with Crippen LogP contribution in [0.25, 0.3) is 10.9 Å². The lowest BCUT2D eigenvalue weighted by Gasteiger charge is -2.32.